The molecule has 0 amide bonds. The van der Waals surface area contributed by atoms with Gasteiger partial charge in [-0.05, 0) is 26.0 Å². The summed E-state index contributed by atoms with van der Waals surface area (Å²) in [7, 11) is 0. The fourth-order valence-electron chi connectivity index (χ4n) is 1.43. The van der Waals surface area contributed by atoms with Crippen molar-refractivity contribution in [3.8, 4) is 0 Å². The molecule has 0 unspecified atom stereocenters. The SMILES string of the molecule is CC=C(C)C(=O)O.O=C(O)c1cc(C(=O)O)c(C(=O)O)cc1C(=O)O. The quantitative estimate of drug-likeness (QED) is 0.485. The second kappa shape index (κ2) is 8.82. The Kier molecular flexibility index (Phi) is 7.51. The molecule has 0 aliphatic carbocycles. The van der Waals surface area contributed by atoms with E-state index >= 15 is 0 Å². The van der Waals surface area contributed by atoms with Gasteiger partial charge in [0.25, 0.3) is 0 Å². The molecule has 0 spiro atoms. The molecule has 10 heteroatoms. The van der Waals surface area contributed by atoms with E-state index in [0.717, 1.165) is 0 Å². The molecule has 0 aliphatic rings. The minimum absolute atomic E-state index is 0.389. The average Bonchev–Trinajstić information content (AvgIpc) is 2.52. The third kappa shape index (κ3) is 5.78. The highest BCUT2D eigenvalue weighted by Crippen LogP contribution is 2.18. The van der Waals surface area contributed by atoms with Gasteiger partial charge in [-0.2, -0.15) is 0 Å². The summed E-state index contributed by atoms with van der Waals surface area (Å²) in [6, 6.07) is 1.02. The van der Waals surface area contributed by atoms with Crippen LogP contribution in [-0.2, 0) is 4.79 Å². The van der Waals surface area contributed by atoms with Crippen LogP contribution in [0.2, 0.25) is 0 Å². The molecule has 0 aromatic heterocycles. The van der Waals surface area contributed by atoms with E-state index in [1.54, 1.807) is 19.9 Å². The van der Waals surface area contributed by atoms with Crippen molar-refractivity contribution in [3.05, 3.63) is 46.0 Å². The smallest absolute Gasteiger partial charge is 0.336 e. The van der Waals surface area contributed by atoms with E-state index in [4.69, 9.17) is 25.5 Å². The van der Waals surface area contributed by atoms with Crippen LogP contribution in [0.3, 0.4) is 0 Å². The van der Waals surface area contributed by atoms with Gasteiger partial charge in [-0.3, -0.25) is 0 Å². The van der Waals surface area contributed by atoms with Crippen molar-refractivity contribution in [2.45, 2.75) is 13.8 Å². The minimum Gasteiger partial charge on any atom is -0.478 e. The van der Waals surface area contributed by atoms with Crippen molar-refractivity contribution in [2.24, 2.45) is 0 Å². The van der Waals surface area contributed by atoms with E-state index in [1.165, 1.54) is 0 Å². The zero-order valence-electron chi connectivity index (χ0n) is 13.0. The molecule has 10 nitrogen and oxygen atoms in total. The number of aliphatic carboxylic acids is 1. The Labute approximate surface area is 140 Å². The normalized spacial score (nSPS) is 10.2. The molecule has 0 atom stereocenters. The molecule has 0 aliphatic heterocycles. The maximum atomic E-state index is 10.8. The van der Waals surface area contributed by atoms with Crippen LogP contribution in [0, 0.1) is 0 Å². The highest BCUT2D eigenvalue weighted by Gasteiger charge is 2.24. The Morgan fingerprint density at radius 3 is 1.00 bits per heavy atom. The number of carboxylic acid groups (broad SMARTS) is 5. The lowest BCUT2D eigenvalue weighted by Gasteiger charge is -2.06. The number of carboxylic acids is 5. The van der Waals surface area contributed by atoms with E-state index in [1.807, 2.05) is 0 Å². The van der Waals surface area contributed by atoms with Crippen molar-refractivity contribution in [1.82, 2.24) is 0 Å². The van der Waals surface area contributed by atoms with E-state index < -0.39 is 52.1 Å². The lowest BCUT2D eigenvalue weighted by Crippen LogP contribution is -2.15. The fourth-order valence-corrected chi connectivity index (χ4v) is 1.43. The monoisotopic (exact) mass is 354 g/mol. The molecule has 1 aromatic carbocycles. The Balaban J connectivity index is 0.000000697. The van der Waals surface area contributed by atoms with Gasteiger partial charge in [-0.15, -0.1) is 0 Å². The van der Waals surface area contributed by atoms with Crippen LogP contribution in [0.15, 0.2) is 23.8 Å². The standard InChI is InChI=1S/C10H6O8.C5H8O2/c11-7(12)3-1-4(8(13)14)6(10(17)18)2-5(3)9(15)16;1-3-4(2)5(6)7/h1-2H,(H,11,12)(H,13,14)(H,15,16)(H,17,18);3H,1-2H3,(H,6,7). The number of allylic oxidation sites excluding steroid dienone is 1. The summed E-state index contributed by atoms with van der Waals surface area (Å²) in [5, 5.41) is 43.1. The molecular weight excluding hydrogens is 340 g/mol. The van der Waals surface area contributed by atoms with Gasteiger partial charge < -0.3 is 25.5 Å². The first kappa shape index (κ1) is 21.3. The first-order valence-corrected chi connectivity index (χ1v) is 6.41. The number of hydrogen-bond acceptors (Lipinski definition) is 5. The van der Waals surface area contributed by atoms with Crippen molar-refractivity contribution in [2.75, 3.05) is 0 Å². The molecule has 1 rings (SSSR count). The molecule has 1 aromatic rings. The molecule has 0 heterocycles. The number of rotatable bonds is 5. The molecule has 0 saturated carbocycles. The predicted octanol–water partition coefficient (Wildman–Crippen LogP) is 1.52. The maximum Gasteiger partial charge on any atom is 0.336 e. The third-order valence-electron chi connectivity index (χ3n) is 2.85. The highest BCUT2D eigenvalue weighted by molar-refractivity contribution is 6.09. The van der Waals surface area contributed by atoms with Gasteiger partial charge in [0, 0.05) is 5.57 Å². The Morgan fingerprint density at radius 1 is 0.680 bits per heavy atom. The average molecular weight is 354 g/mol. The van der Waals surface area contributed by atoms with Crippen molar-refractivity contribution in [1.29, 1.82) is 0 Å². The Bertz CT molecular complexity index is 675. The molecule has 5 N–H and O–H groups in total. The number of hydrogen-bond donors (Lipinski definition) is 5. The predicted molar refractivity (Wildman–Crippen MR) is 81.3 cm³/mol. The summed E-state index contributed by atoms with van der Waals surface area (Å²) in [5.74, 6) is -7.49. The molecule has 134 valence electrons. The van der Waals surface area contributed by atoms with Gasteiger partial charge in [0.1, 0.15) is 0 Å². The minimum atomic E-state index is -1.66. The first-order valence-electron chi connectivity index (χ1n) is 6.41. The fraction of sp³-hybridized carbons (Fsp3) is 0.133. The van der Waals surface area contributed by atoms with Gasteiger partial charge in [-0.1, -0.05) is 6.08 Å². The van der Waals surface area contributed by atoms with Gasteiger partial charge in [0.15, 0.2) is 0 Å². The van der Waals surface area contributed by atoms with Crippen LogP contribution >= 0.6 is 0 Å². The summed E-state index contributed by atoms with van der Waals surface area (Å²) in [6.07, 6.45) is 1.56. The number of carbonyl (C=O) groups is 5. The zero-order chi connectivity index (χ0) is 19.9. The second-order valence-corrected chi connectivity index (χ2v) is 4.44. The van der Waals surface area contributed by atoms with E-state index in [9.17, 15) is 24.0 Å². The Morgan fingerprint density at radius 2 is 0.920 bits per heavy atom. The van der Waals surface area contributed by atoms with E-state index in [2.05, 4.69) is 0 Å². The molecule has 0 saturated heterocycles. The van der Waals surface area contributed by atoms with Crippen molar-refractivity contribution < 1.29 is 49.5 Å². The lowest BCUT2D eigenvalue weighted by molar-refractivity contribution is -0.132. The van der Waals surface area contributed by atoms with E-state index in [-0.39, 0.29) is 0 Å². The van der Waals surface area contributed by atoms with Crippen LogP contribution in [0.4, 0.5) is 0 Å². The van der Waals surface area contributed by atoms with Crippen LogP contribution < -0.4 is 0 Å². The summed E-state index contributed by atoms with van der Waals surface area (Å²) >= 11 is 0. The second-order valence-electron chi connectivity index (χ2n) is 4.44. The van der Waals surface area contributed by atoms with Crippen LogP contribution in [0.25, 0.3) is 0 Å². The van der Waals surface area contributed by atoms with Gasteiger partial charge >= 0.3 is 29.8 Å². The van der Waals surface area contributed by atoms with Crippen LogP contribution in [0.5, 0.6) is 0 Å². The topological polar surface area (TPSA) is 186 Å². The first-order chi connectivity index (χ1) is 11.4. The third-order valence-corrected chi connectivity index (χ3v) is 2.85. The summed E-state index contributed by atoms with van der Waals surface area (Å²) in [6.45, 7) is 3.26. The molecule has 0 radical (unpaired) electrons. The number of benzene rings is 1. The maximum absolute atomic E-state index is 10.8. The van der Waals surface area contributed by atoms with Crippen molar-refractivity contribution in [3.63, 3.8) is 0 Å². The number of aromatic carboxylic acids is 4. The molecule has 0 fully saturated rings. The molecule has 0 bridgehead atoms. The van der Waals surface area contributed by atoms with Crippen LogP contribution in [0.1, 0.15) is 55.3 Å². The molecular formula is C15H14O10. The summed E-state index contributed by atoms with van der Waals surface area (Å²) in [4.78, 5) is 53.0. The van der Waals surface area contributed by atoms with E-state index in [0.29, 0.717) is 17.7 Å². The summed E-state index contributed by atoms with van der Waals surface area (Å²) in [5.41, 5.74) is -2.76. The van der Waals surface area contributed by atoms with Gasteiger partial charge in [0.2, 0.25) is 0 Å². The Hall–Kier alpha value is -3.69. The zero-order valence-corrected chi connectivity index (χ0v) is 13.0. The van der Waals surface area contributed by atoms with Gasteiger partial charge in [-0.25, -0.2) is 24.0 Å². The van der Waals surface area contributed by atoms with Gasteiger partial charge in [0.05, 0.1) is 22.3 Å². The summed E-state index contributed by atoms with van der Waals surface area (Å²) < 4.78 is 0. The largest absolute Gasteiger partial charge is 0.478 e. The van der Waals surface area contributed by atoms with Crippen LogP contribution in [-0.4, -0.2) is 55.4 Å². The van der Waals surface area contributed by atoms with Crippen molar-refractivity contribution >= 4 is 29.8 Å². The lowest BCUT2D eigenvalue weighted by atomic mass is 9.98. The molecule has 25 heavy (non-hydrogen) atoms. The highest BCUT2D eigenvalue weighted by atomic mass is 16.4.